The van der Waals surface area contributed by atoms with Crippen LogP contribution in [-0.4, -0.2) is 47.0 Å². The number of benzene rings is 1. The number of aromatic hydroxyl groups is 2. The lowest BCUT2D eigenvalue weighted by Gasteiger charge is -2.08. The topological polar surface area (TPSA) is 152 Å². The predicted octanol–water partition coefficient (Wildman–Crippen LogP) is 3.72. The minimum Gasteiger partial charge on any atom is -0.504 e. The van der Waals surface area contributed by atoms with Gasteiger partial charge < -0.3 is 24.4 Å². The minimum atomic E-state index is -0.603. The van der Waals surface area contributed by atoms with E-state index in [1.165, 1.54) is 30.3 Å². The number of nitrogens with one attached hydrogen (secondary N) is 1. The van der Waals surface area contributed by atoms with Crippen molar-refractivity contribution in [2.24, 2.45) is 0 Å². The van der Waals surface area contributed by atoms with E-state index in [1.807, 2.05) is 0 Å². The second kappa shape index (κ2) is 8.61. The van der Waals surface area contributed by atoms with Gasteiger partial charge in [0.05, 0.1) is 12.7 Å². The molecule has 0 radical (unpaired) electrons. The molecule has 11 nitrogen and oxygen atoms in total. The van der Waals surface area contributed by atoms with E-state index in [-0.39, 0.29) is 28.2 Å². The van der Waals surface area contributed by atoms with Gasteiger partial charge in [0.1, 0.15) is 29.3 Å². The Morgan fingerprint density at radius 3 is 2.74 bits per heavy atom. The molecule has 0 amide bonds. The minimum absolute atomic E-state index is 0.0464. The highest BCUT2D eigenvalue weighted by molar-refractivity contribution is 6.28. The number of rotatable bonds is 5. The quantitative estimate of drug-likeness (QED) is 0.333. The molecule has 0 saturated heterocycles. The number of nitrogens with zero attached hydrogens (tertiary/aromatic N) is 5. The van der Waals surface area contributed by atoms with Crippen LogP contribution >= 0.6 is 11.6 Å². The molecule has 5 aromatic rings. The number of pyridine rings is 1. The maximum atomic E-state index is 12.3. The Bertz CT molecular complexity index is 1620. The van der Waals surface area contributed by atoms with Crippen LogP contribution in [0.25, 0.3) is 39.9 Å². The van der Waals surface area contributed by atoms with Gasteiger partial charge in [0.15, 0.2) is 23.1 Å². The Morgan fingerprint density at radius 2 is 2.00 bits per heavy atom. The number of imidazole rings is 1. The molecule has 0 atom stereocenters. The first-order chi connectivity index (χ1) is 16.9. The van der Waals surface area contributed by atoms with Crippen LogP contribution in [0.1, 0.15) is 5.76 Å². The summed E-state index contributed by atoms with van der Waals surface area (Å²) < 4.78 is 12.4. The third-order valence-electron chi connectivity index (χ3n) is 5.15. The fourth-order valence-corrected chi connectivity index (χ4v) is 3.71. The molecule has 0 unspecified atom stereocenters. The molecule has 12 heteroatoms. The first-order valence-corrected chi connectivity index (χ1v) is 10.6. The molecule has 0 aliphatic heterocycles. The number of H-pyrrole nitrogens is 1. The van der Waals surface area contributed by atoms with Crippen LogP contribution in [0.2, 0.25) is 5.28 Å². The Hall–Kier alpha value is -4.64. The van der Waals surface area contributed by atoms with E-state index < -0.39 is 11.2 Å². The molecule has 4 aromatic heterocycles. The van der Waals surface area contributed by atoms with E-state index in [4.69, 9.17) is 25.7 Å². The van der Waals surface area contributed by atoms with Gasteiger partial charge in [-0.05, 0) is 48.9 Å². The third-order valence-corrected chi connectivity index (χ3v) is 5.33. The Labute approximate surface area is 202 Å². The summed E-state index contributed by atoms with van der Waals surface area (Å²) >= 11 is 5.89. The zero-order chi connectivity index (χ0) is 24.7. The van der Waals surface area contributed by atoms with Crippen molar-refractivity contribution in [2.75, 3.05) is 7.11 Å². The van der Waals surface area contributed by atoms with Crippen LogP contribution in [0.15, 0.2) is 58.1 Å². The standard InChI is InChI=1S/C23H17ClN6O5/c1-11-8-15(32)19(33)20(35-11)18-17(12-5-6-14(31)16(9-12)34-2)27-21(28-18)13-4-3-7-25-22(13)30-10-26-23(24)29-30/h3-10,31,33H,1-2H3,(H,27,28). The molecule has 176 valence electrons. The molecule has 0 fully saturated rings. The maximum absolute atomic E-state index is 12.3. The lowest BCUT2D eigenvalue weighted by molar-refractivity contribution is 0.373. The zero-order valence-corrected chi connectivity index (χ0v) is 19.1. The van der Waals surface area contributed by atoms with Gasteiger partial charge in [-0.1, -0.05) is 0 Å². The van der Waals surface area contributed by atoms with Crippen molar-refractivity contribution in [3.05, 3.63) is 70.2 Å². The fraction of sp³-hybridized carbons (Fsp3) is 0.0870. The maximum Gasteiger partial charge on any atom is 0.242 e. The number of phenols is 1. The van der Waals surface area contributed by atoms with E-state index in [1.54, 1.807) is 37.4 Å². The van der Waals surface area contributed by atoms with Gasteiger partial charge in [-0.3, -0.25) is 4.79 Å². The number of methoxy groups -OCH3 is 1. The van der Waals surface area contributed by atoms with Crippen LogP contribution in [-0.2, 0) is 0 Å². The number of aromatic nitrogens is 6. The van der Waals surface area contributed by atoms with Crippen molar-refractivity contribution >= 4 is 11.6 Å². The molecule has 3 N–H and O–H groups in total. The number of phenolic OH excluding ortho intramolecular Hbond substituents is 1. The second-order valence-corrected chi connectivity index (χ2v) is 7.77. The highest BCUT2D eigenvalue weighted by Crippen LogP contribution is 2.39. The normalized spacial score (nSPS) is 11.1. The van der Waals surface area contributed by atoms with E-state index in [9.17, 15) is 15.0 Å². The highest BCUT2D eigenvalue weighted by Gasteiger charge is 2.24. The largest absolute Gasteiger partial charge is 0.504 e. The Morgan fingerprint density at radius 1 is 1.17 bits per heavy atom. The van der Waals surface area contributed by atoms with Gasteiger partial charge in [-0.2, -0.15) is 0 Å². The molecule has 1 aromatic carbocycles. The number of aromatic amines is 1. The van der Waals surface area contributed by atoms with Crippen molar-refractivity contribution in [1.82, 2.24) is 29.7 Å². The molecule has 0 aliphatic rings. The first kappa shape index (κ1) is 22.2. The van der Waals surface area contributed by atoms with Crippen LogP contribution in [0.4, 0.5) is 0 Å². The molecular formula is C23H17ClN6O5. The zero-order valence-electron chi connectivity index (χ0n) is 18.4. The van der Waals surface area contributed by atoms with Gasteiger partial charge >= 0.3 is 0 Å². The van der Waals surface area contributed by atoms with Crippen LogP contribution in [0.5, 0.6) is 17.2 Å². The first-order valence-electron chi connectivity index (χ1n) is 10.2. The van der Waals surface area contributed by atoms with Crippen LogP contribution in [0, 0.1) is 6.92 Å². The molecule has 0 spiro atoms. The van der Waals surface area contributed by atoms with Gasteiger partial charge in [-0.15, -0.1) is 5.10 Å². The van der Waals surface area contributed by atoms with Crippen LogP contribution in [0.3, 0.4) is 0 Å². The fourth-order valence-electron chi connectivity index (χ4n) is 3.58. The summed E-state index contributed by atoms with van der Waals surface area (Å²) in [6.07, 6.45) is 2.99. The van der Waals surface area contributed by atoms with Crippen molar-refractivity contribution in [2.45, 2.75) is 6.92 Å². The summed E-state index contributed by atoms with van der Waals surface area (Å²) in [6, 6.07) is 9.30. The molecule has 0 aliphatic carbocycles. The molecule has 35 heavy (non-hydrogen) atoms. The lowest BCUT2D eigenvalue weighted by Crippen LogP contribution is -2.02. The van der Waals surface area contributed by atoms with E-state index in [0.29, 0.717) is 34.2 Å². The van der Waals surface area contributed by atoms with E-state index in [2.05, 4.69) is 20.1 Å². The number of hydrogen-bond donors (Lipinski definition) is 3. The molecule has 0 bridgehead atoms. The monoisotopic (exact) mass is 492 g/mol. The molecular weight excluding hydrogens is 476 g/mol. The Balaban J connectivity index is 1.78. The highest BCUT2D eigenvalue weighted by atomic mass is 35.5. The summed E-state index contributed by atoms with van der Waals surface area (Å²) in [4.78, 5) is 28.5. The van der Waals surface area contributed by atoms with Gasteiger partial charge in [0, 0.05) is 17.8 Å². The van der Waals surface area contributed by atoms with Gasteiger partial charge in [0.2, 0.25) is 16.5 Å². The van der Waals surface area contributed by atoms with Gasteiger partial charge in [0.25, 0.3) is 0 Å². The smallest absolute Gasteiger partial charge is 0.242 e. The van der Waals surface area contributed by atoms with Crippen molar-refractivity contribution in [3.63, 3.8) is 0 Å². The molecule has 0 saturated carbocycles. The molecule has 5 rings (SSSR count). The second-order valence-electron chi connectivity index (χ2n) is 7.43. The van der Waals surface area contributed by atoms with Crippen molar-refractivity contribution in [1.29, 1.82) is 0 Å². The number of ether oxygens (including phenoxy) is 1. The summed E-state index contributed by atoms with van der Waals surface area (Å²) in [5.41, 5.74) is 1.01. The van der Waals surface area contributed by atoms with E-state index >= 15 is 0 Å². The summed E-state index contributed by atoms with van der Waals surface area (Å²) in [5, 5.41) is 24.7. The summed E-state index contributed by atoms with van der Waals surface area (Å²) in [7, 11) is 1.42. The van der Waals surface area contributed by atoms with E-state index in [0.717, 1.165) is 0 Å². The SMILES string of the molecule is COc1cc(-c2nc(-c3cccnc3-n3cnc(Cl)n3)[nH]c2-c2oc(C)cc(=O)c2O)ccc1O. The summed E-state index contributed by atoms with van der Waals surface area (Å²) in [5.74, 6) is 0.505. The molecule has 4 heterocycles. The number of halogens is 1. The van der Waals surface area contributed by atoms with Crippen LogP contribution < -0.4 is 10.2 Å². The Kier molecular flexibility index (Phi) is 5.46. The predicted molar refractivity (Wildman–Crippen MR) is 126 cm³/mol. The average Bonchev–Trinajstić information content (AvgIpc) is 3.48. The number of aryl methyl sites for hydroxylation is 1. The lowest BCUT2D eigenvalue weighted by atomic mass is 10.1. The van der Waals surface area contributed by atoms with Crippen molar-refractivity contribution < 1.29 is 19.4 Å². The summed E-state index contributed by atoms with van der Waals surface area (Å²) in [6.45, 7) is 1.60. The third kappa shape index (κ3) is 3.97. The average molecular weight is 493 g/mol. The number of hydrogen-bond acceptors (Lipinski definition) is 9. The van der Waals surface area contributed by atoms with Crippen molar-refractivity contribution in [3.8, 4) is 57.2 Å². The van der Waals surface area contributed by atoms with Gasteiger partial charge in [-0.25, -0.2) is 19.6 Å².